The number of nitro benzene ring substituents is 1. The molecule has 0 amide bonds. The predicted octanol–water partition coefficient (Wildman–Crippen LogP) is 2.44. The van der Waals surface area contributed by atoms with E-state index in [-0.39, 0.29) is 28.4 Å². The molecule has 1 aliphatic heterocycles. The van der Waals surface area contributed by atoms with Gasteiger partial charge in [-0.3, -0.25) is 14.9 Å². The van der Waals surface area contributed by atoms with Gasteiger partial charge in [0.1, 0.15) is 5.69 Å². The van der Waals surface area contributed by atoms with Gasteiger partial charge in [0, 0.05) is 22.7 Å². The molecule has 1 aliphatic rings. The van der Waals surface area contributed by atoms with Crippen LogP contribution in [0.1, 0.15) is 6.92 Å². The molecule has 0 aromatic heterocycles. The second kappa shape index (κ2) is 5.94. The molecule has 2 atom stereocenters. The van der Waals surface area contributed by atoms with Gasteiger partial charge < -0.3 is 9.64 Å². The highest BCUT2D eigenvalue weighted by Gasteiger charge is 2.37. The molecule has 1 saturated heterocycles. The van der Waals surface area contributed by atoms with E-state index in [4.69, 9.17) is 4.74 Å². The highest BCUT2D eigenvalue weighted by atomic mass is 127. The number of nitro groups is 1. The van der Waals surface area contributed by atoms with Crippen LogP contribution in [0.15, 0.2) is 18.2 Å². The monoisotopic (exact) mass is 390 g/mol. The van der Waals surface area contributed by atoms with Gasteiger partial charge in [0.15, 0.2) is 0 Å². The summed E-state index contributed by atoms with van der Waals surface area (Å²) in [4.78, 5) is 24.4. The molecule has 108 valence electrons. The summed E-state index contributed by atoms with van der Waals surface area (Å²) in [6.45, 7) is 3.02. The van der Waals surface area contributed by atoms with Crippen molar-refractivity contribution in [2.75, 3.05) is 25.1 Å². The Kier molecular flexibility index (Phi) is 4.46. The maximum atomic E-state index is 11.7. The van der Waals surface area contributed by atoms with Crippen molar-refractivity contribution in [1.82, 2.24) is 0 Å². The maximum absolute atomic E-state index is 11.7. The first-order chi connectivity index (χ1) is 9.43. The minimum absolute atomic E-state index is 0.0783. The van der Waals surface area contributed by atoms with Crippen molar-refractivity contribution in [2.24, 2.45) is 11.8 Å². The van der Waals surface area contributed by atoms with Crippen molar-refractivity contribution in [3.63, 3.8) is 0 Å². The molecule has 2 unspecified atom stereocenters. The fourth-order valence-corrected chi connectivity index (χ4v) is 3.01. The van der Waals surface area contributed by atoms with Crippen molar-refractivity contribution in [3.05, 3.63) is 31.9 Å². The van der Waals surface area contributed by atoms with Crippen molar-refractivity contribution in [1.29, 1.82) is 0 Å². The number of benzene rings is 1. The summed E-state index contributed by atoms with van der Waals surface area (Å²) in [5.74, 6) is -0.381. The Balaban J connectivity index is 2.30. The number of rotatable bonds is 3. The van der Waals surface area contributed by atoms with E-state index in [2.05, 4.69) is 0 Å². The number of methoxy groups -OCH3 is 1. The smallest absolute Gasteiger partial charge is 0.310 e. The standard InChI is InChI=1S/C13H15IN2O4/c1-8-6-15(7-10(8)13(17)20-2)11-4-3-9(14)5-12(11)16(18)19/h3-5,8,10H,6-7H2,1-2H3. The van der Waals surface area contributed by atoms with E-state index in [0.717, 1.165) is 3.57 Å². The van der Waals surface area contributed by atoms with E-state index in [0.29, 0.717) is 18.8 Å². The third-order valence-electron chi connectivity index (χ3n) is 3.59. The number of halogens is 1. The zero-order chi connectivity index (χ0) is 14.9. The van der Waals surface area contributed by atoms with Gasteiger partial charge >= 0.3 is 5.97 Å². The molecule has 1 aromatic carbocycles. The van der Waals surface area contributed by atoms with Crippen LogP contribution in [0.4, 0.5) is 11.4 Å². The van der Waals surface area contributed by atoms with Gasteiger partial charge in [-0.15, -0.1) is 0 Å². The summed E-state index contributed by atoms with van der Waals surface area (Å²) in [6.07, 6.45) is 0. The first kappa shape index (κ1) is 15.0. The Hall–Kier alpha value is -1.38. The van der Waals surface area contributed by atoms with E-state index >= 15 is 0 Å². The summed E-state index contributed by atoms with van der Waals surface area (Å²) < 4.78 is 5.60. The van der Waals surface area contributed by atoms with Gasteiger partial charge in [0.05, 0.1) is 18.0 Å². The third-order valence-corrected chi connectivity index (χ3v) is 4.26. The minimum Gasteiger partial charge on any atom is -0.469 e. The van der Waals surface area contributed by atoms with Gasteiger partial charge in [0.25, 0.3) is 5.69 Å². The molecule has 0 aliphatic carbocycles. The number of ether oxygens (including phenoxy) is 1. The summed E-state index contributed by atoms with van der Waals surface area (Å²) in [7, 11) is 1.37. The second-order valence-corrected chi connectivity index (χ2v) is 6.15. The number of carbonyl (C=O) groups is 1. The molecule has 1 aromatic rings. The van der Waals surface area contributed by atoms with Crippen molar-refractivity contribution < 1.29 is 14.5 Å². The van der Waals surface area contributed by atoms with Crippen LogP contribution < -0.4 is 4.90 Å². The number of carbonyl (C=O) groups excluding carboxylic acids is 1. The van der Waals surface area contributed by atoms with E-state index in [9.17, 15) is 14.9 Å². The topological polar surface area (TPSA) is 72.7 Å². The Labute approximate surface area is 130 Å². The fourth-order valence-electron chi connectivity index (χ4n) is 2.53. The molecule has 0 bridgehead atoms. The lowest BCUT2D eigenvalue weighted by Crippen LogP contribution is -2.24. The van der Waals surface area contributed by atoms with Crippen LogP contribution in [0.25, 0.3) is 0 Å². The summed E-state index contributed by atoms with van der Waals surface area (Å²) >= 11 is 2.05. The minimum atomic E-state index is -0.381. The Morgan fingerprint density at radius 3 is 2.80 bits per heavy atom. The number of anilines is 1. The average molecular weight is 390 g/mol. The van der Waals surface area contributed by atoms with E-state index in [1.807, 2.05) is 40.5 Å². The van der Waals surface area contributed by atoms with Crippen LogP contribution in [-0.4, -0.2) is 31.1 Å². The molecular formula is C13H15IN2O4. The van der Waals surface area contributed by atoms with Crippen LogP contribution in [0.3, 0.4) is 0 Å². The molecule has 20 heavy (non-hydrogen) atoms. The molecule has 1 heterocycles. The lowest BCUT2D eigenvalue weighted by atomic mass is 9.99. The van der Waals surface area contributed by atoms with Crippen molar-refractivity contribution in [2.45, 2.75) is 6.92 Å². The van der Waals surface area contributed by atoms with Gasteiger partial charge in [-0.2, -0.15) is 0 Å². The number of esters is 1. The zero-order valence-corrected chi connectivity index (χ0v) is 13.4. The van der Waals surface area contributed by atoms with Crippen molar-refractivity contribution in [3.8, 4) is 0 Å². The summed E-state index contributed by atoms with van der Waals surface area (Å²) in [5.41, 5.74) is 0.642. The van der Waals surface area contributed by atoms with Gasteiger partial charge in [0.2, 0.25) is 0 Å². The Morgan fingerprint density at radius 2 is 2.20 bits per heavy atom. The first-order valence-electron chi connectivity index (χ1n) is 6.20. The van der Waals surface area contributed by atoms with E-state index < -0.39 is 0 Å². The van der Waals surface area contributed by atoms with Gasteiger partial charge in [-0.05, 0) is 40.6 Å². The second-order valence-electron chi connectivity index (χ2n) is 4.90. The van der Waals surface area contributed by atoms with Gasteiger partial charge in [-0.1, -0.05) is 6.92 Å². The SMILES string of the molecule is COC(=O)C1CN(c2ccc(I)cc2[N+](=O)[O-])CC1C. The summed E-state index contributed by atoms with van der Waals surface area (Å²) in [6, 6.07) is 5.12. The predicted molar refractivity (Wildman–Crippen MR) is 82.7 cm³/mol. The molecular weight excluding hydrogens is 375 g/mol. The normalized spacial score (nSPS) is 21.9. The molecule has 0 N–H and O–H groups in total. The van der Waals surface area contributed by atoms with Crippen LogP contribution in [0.2, 0.25) is 0 Å². The number of nitrogens with zero attached hydrogens (tertiary/aromatic N) is 2. The number of hydrogen-bond acceptors (Lipinski definition) is 5. The zero-order valence-electron chi connectivity index (χ0n) is 11.2. The Morgan fingerprint density at radius 1 is 1.50 bits per heavy atom. The van der Waals surface area contributed by atoms with Gasteiger partial charge in [-0.25, -0.2) is 0 Å². The van der Waals surface area contributed by atoms with Crippen molar-refractivity contribution >= 4 is 39.9 Å². The first-order valence-corrected chi connectivity index (χ1v) is 7.28. The third kappa shape index (κ3) is 2.87. The molecule has 7 heteroatoms. The van der Waals surface area contributed by atoms with Crippen LogP contribution >= 0.6 is 22.6 Å². The van der Waals surface area contributed by atoms with E-state index in [1.165, 1.54) is 7.11 Å². The van der Waals surface area contributed by atoms with Crippen LogP contribution in [-0.2, 0) is 9.53 Å². The Bertz CT molecular complexity index is 549. The van der Waals surface area contributed by atoms with Crippen LogP contribution in [0, 0.1) is 25.5 Å². The molecule has 2 rings (SSSR count). The highest BCUT2D eigenvalue weighted by molar-refractivity contribution is 14.1. The summed E-state index contributed by atoms with van der Waals surface area (Å²) in [5, 5.41) is 11.2. The molecule has 0 radical (unpaired) electrons. The quantitative estimate of drug-likeness (QED) is 0.343. The lowest BCUT2D eigenvalue weighted by molar-refractivity contribution is -0.384. The molecule has 1 fully saturated rings. The van der Waals surface area contributed by atoms with Crippen LogP contribution in [0.5, 0.6) is 0 Å². The lowest BCUT2D eigenvalue weighted by Gasteiger charge is -2.18. The largest absolute Gasteiger partial charge is 0.469 e. The molecule has 0 saturated carbocycles. The molecule has 6 nitrogen and oxygen atoms in total. The average Bonchev–Trinajstić information content (AvgIpc) is 2.79. The van der Waals surface area contributed by atoms with E-state index in [1.54, 1.807) is 12.1 Å². The molecule has 0 spiro atoms. The fraction of sp³-hybridized carbons (Fsp3) is 0.462. The highest BCUT2D eigenvalue weighted by Crippen LogP contribution is 2.35. The maximum Gasteiger partial charge on any atom is 0.310 e. The number of hydrogen-bond donors (Lipinski definition) is 0.